The third-order valence-corrected chi connectivity index (χ3v) is 1.90. The number of hydrogen-bond donors (Lipinski definition) is 2. The first-order valence-corrected chi connectivity index (χ1v) is 4.71. The second kappa shape index (κ2) is 4.48. The van der Waals surface area contributed by atoms with Gasteiger partial charge in [0.15, 0.2) is 5.82 Å². The topological polar surface area (TPSA) is 75.2 Å². The zero-order valence-corrected chi connectivity index (χ0v) is 8.38. The van der Waals surface area contributed by atoms with Gasteiger partial charge in [0.2, 0.25) is 5.88 Å². The number of rotatable bonds is 3. The van der Waals surface area contributed by atoms with Crippen LogP contribution in [-0.2, 0) is 6.61 Å². The molecule has 0 fully saturated rings. The standard InChI is InChI=1S/C11H10N2O3/c14-10-6-11(15)13-9(12-10)7-16-8-4-2-1-3-5-8/h1-6H,7H2,(H2,12,13,14,15). The Bertz CT molecular complexity index is 522. The molecule has 0 bridgehead atoms. The van der Waals surface area contributed by atoms with Crippen molar-refractivity contribution in [1.29, 1.82) is 0 Å². The van der Waals surface area contributed by atoms with Crippen LogP contribution in [0.1, 0.15) is 5.82 Å². The lowest BCUT2D eigenvalue weighted by Crippen LogP contribution is -2.11. The Morgan fingerprint density at radius 3 is 2.75 bits per heavy atom. The highest BCUT2D eigenvalue weighted by molar-refractivity contribution is 5.21. The van der Waals surface area contributed by atoms with Crippen molar-refractivity contribution in [2.45, 2.75) is 6.61 Å². The van der Waals surface area contributed by atoms with Crippen LogP contribution in [0, 0.1) is 0 Å². The maximum absolute atomic E-state index is 11.0. The minimum absolute atomic E-state index is 0.105. The molecule has 2 aromatic rings. The summed E-state index contributed by atoms with van der Waals surface area (Å²) in [6.07, 6.45) is 0. The van der Waals surface area contributed by atoms with Crippen molar-refractivity contribution < 1.29 is 9.84 Å². The number of nitrogens with one attached hydrogen (secondary N) is 1. The zero-order valence-electron chi connectivity index (χ0n) is 8.38. The second-order valence-electron chi connectivity index (χ2n) is 3.15. The van der Waals surface area contributed by atoms with Crippen LogP contribution < -0.4 is 10.3 Å². The lowest BCUT2D eigenvalue weighted by atomic mass is 10.3. The van der Waals surface area contributed by atoms with Crippen molar-refractivity contribution in [1.82, 2.24) is 9.97 Å². The molecule has 0 aliphatic carbocycles. The quantitative estimate of drug-likeness (QED) is 0.807. The number of H-pyrrole nitrogens is 1. The number of aromatic amines is 1. The van der Waals surface area contributed by atoms with Gasteiger partial charge in [-0.2, -0.15) is 4.98 Å². The van der Waals surface area contributed by atoms with Gasteiger partial charge in [-0.3, -0.25) is 4.79 Å². The maximum atomic E-state index is 11.0. The van der Waals surface area contributed by atoms with Gasteiger partial charge < -0.3 is 14.8 Å². The fourth-order valence-electron chi connectivity index (χ4n) is 1.23. The molecule has 0 unspecified atom stereocenters. The highest BCUT2D eigenvalue weighted by atomic mass is 16.5. The molecule has 0 radical (unpaired) electrons. The monoisotopic (exact) mass is 218 g/mol. The molecule has 0 aliphatic rings. The molecule has 0 amide bonds. The number of ether oxygens (including phenoxy) is 1. The van der Waals surface area contributed by atoms with E-state index in [1.165, 1.54) is 0 Å². The van der Waals surface area contributed by atoms with Crippen LogP contribution in [0.2, 0.25) is 0 Å². The predicted molar refractivity (Wildman–Crippen MR) is 57.3 cm³/mol. The molecule has 0 saturated heterocycles. The van der Waals surface area contributed by atoms with Crippen LogP contribution in [-0.4, -0.2) is 15.1 Å². The van der Waals surface area contributed by atoms with E-state index >= 15 is 0 Å². The van der Waals surface area contributed by atoms with Crippen LogP contribution in [0.5, 0.6) is 11.6 Å². The van der Waals surface area contributed by atoms with Crippen LogP contribution in [0.25, 0.3) is 0 Å². The first kappa shape index (κ1) is 10.2. The first-order valence-electron chi connectivity index (χ1n) is 4.71. The Morgan fingerprint density at radius 2 is 2.06 bits per heavy atom. The van der Waals surface area contributed by atoms with E-state index in [1.807, 2.05) is 18.2 Å². The molecule has 5 heteroatoms. The summed E-state index contributed by atoms with van der Waals surface area (Å²) in [7, 11) is 0. The summed E-state index contributed by atoms with van der Waals surface area (Å²) in [5.41, 5.74) is -0.404. The highest BCUT2D eigenvalue weighted by Gasteiger charge is 2.00. The lowest BCUT2D eigenvalue weighted by Gasteiger charge is -2.04. The van der Waals surface area contributed by atoms with Crippen LogP contribution >= 0.6 is 0 Å². The van der Waals surface area contributed by atoms with Crippen LogP contribution in [0.3, 0.4) is 0 Å². The third-order valence-electron chi connectivity index (χ3n) is 1.90. The largest absolute Gasteiger partial charge is 0.493 e. The summed E-state index contributed by atoms with van der Waals surface area (Å²) in [4.78, 5) is 17.2. The second-order valence-corrected chi connectivity index (χ2v) is 3.15. The molecule has 0 aliphatic heterocycles. The van der Waals surface area contributed by atoms with Crippen molar-refractivity contribution in [3.63, 3.8) is 0 Å². The van der Waals surface area contributed by atoms with E-state index in [1.54, 1.807) is 12.1 Å². The van der Waals surface area contributed by atoms with Crippen molar-refractivity contribution >= 4 is 0 Å². The average Bonchev–Trinajstić information content (AvgIpc) is 2.27. The van der Waals surface area contributed by atoms with Crippen molar-refractivity contribution in [3.8, 4) is 11.6 Å². The smallest absolute Gasteiger partial charge is 0.254 e. The van der Waals surface area contributed by atoms with Gasteiger partial charge in [0.25, 0.3) is 5.56 Å². The molecule has 2 rings (SSSR count). The Kier molecular flexibility index (Phi) is 2.86. The number of aromatic nitrogens is 2. The van der Waals surface area contributed by atoms with Crippen molar-refractivity contribution in [2.75, 3.05) is 0 Å². The summed E-state index contributed by atoms with van der Waals surface area (Å²) in [5.74, 6) is 0.651. The summed E-state index contributed by atoms with van der Waals surface area (Å²) < 4.78 is 5.36. The molecule has 0 saturated carbocycles. The van der Waals surface area contributed by atoms with Gasteiger partial charge in [0.05, 0.1) is 6.07 Å². The van der Waals surface area contributed by atoms with Gasteiger partial charge in [-0.25, -0.2) is 0 Å². The van der Waals surface area contributed by atoms with Crippen LogP contribution in [0.15, 0.2) is 41.2 Å². The fourth-order valence-corrected chi connectivity index (χ4v) is 1.23. The summed E-state index contributed by atoms with van der Waals surface area (Å²) in [6.45, 7) is 0.105. The minimum atomic E-state index is -0.404. The minimum Gasteiger partial charge on any atom is -0.493 e. The van der Waals surface area contributed by atoms with Gasteiger partial charge in [-0.05, 0) is 12.1 Å². The highest BCUT2D eigenvalue weighted by Crippen LogP contribution is 2.10. The van der Waals surface area contributed by atoms with E-state index in [4.69, 9.17) is 9.84 Å². The summed E-state index contributed by atoms with van der Waals surface area (Å²) in [5, 5.41) is 9.10. The van der Waals surface area contributed by atoms with E-state index < -0.39 is 5.56 Å². The summed E-state index contributed by atoms with van der Waals surface area (Å²) in [6, 6.07) is 10.1. The van der Waals surface area contributed by atoms with E-state index in [-0.39, 0.29) is 18.3 Å². The molecule has 1 aromatic heterocycles. The van der Waals surface area contributed by atoms with Gasteiger partial charge in [-0.1, -0.05) is 18.2 Å². The normalized spacial score (nSPS) is 10.0. The average molecular weight is 218 g/mol. The molecular weight excluding hydrogens is 208 g/mol. The van der Waals surface area contributed by atoms with E-state index in [9.17, 15) is 4.79 Å². The predicted octanol–water partition coefficient (Wildman–Crippen LogP) is 1.05. The fraction of sp³-hybridized carbons (Fsp3) is 0.0909. The van der Waals surface area contributed by atoms with Crippen LogP contribution in [0.4, 0.5) is 0 Å². The number of aromatic hydroxyl groups is 1. The number of para-hydroxylation sites is 1. The van der Waals surface area contributed by atoms with Crippen molar-refractivity contribution in [2.24, 2.45) is 0 Å². The Hall–Kier alpha value is -2.30. The molecule has 1 aromatic carbocycles. The van der Waals surface area contributed by atoms with Gasteiger partial charge in [0.1, 0.15) is 12.4 Å². The van der Waals surface area contributed by atoms with Gasteiger partial charge >= 0.3 is 0 Å². The number of nitrogens with zero attached hydrogens (tertiary/aromatic N) is 1. The number of benzene rings is 1. The molecule has 5 nitrogen and oxygen atoms in total. The molecule has 2 N–H and O–H groups in total. The van der Waals surface area contributed by atoms with Gasteiger partial charge in [0, 0.05) is 0 Å². The van der Waals surface area contributed by atoms with E-state index in [0.717, 1.165) is 6.07 Å². The zero-order chi connectivity index (χ0) is 11.4. The molecular formula is C11H10N2O3. The summed E-state index contributed by atoms with van der Waals surface area (Å²) >= 11 is 0. The Balaban J connectivity index is 2.08. The molecule has 0 atom stereocenters. The number of hydrogen-bond acceptors (Lipinski definition) is 4. The maximum Gasteiger partial charge on any atom is 0.254 e. The van der Waals surface area contributed by atoms with E-state index in [2.05, 4.69) is 9.97 Å². The third kappa shape index (κ3) is 2.60. The van der Waals surface area contributed by atoms with E-state index in [0.29, 0.717) is 5.75 Å². The SMILES string of the molecule is O=c1cc(O)nc(COc2ccccc2)[nH]1. The van der Waals surface area contributed by atoms with Crippen molar-refractivity contribution in [3.05, 3.63) is 52.6 Å². The Labute approximate surface area is 91.4 Å². The molecule has 1 heterocycles. The first-order chi connectivity index (χ1) is 7.74. The molecule has 0 spiro atoms. The molecule has 16 heavy (non-hydrogen) atoms. The van der Waals surface area contributed by atoms with Gasteiger partial charge in [-0.15, -0.1) is 0 Å². The molecule has 82 valence electrons. The lowest BCUT2D eigenvalue weighted by molar-refractivity contribution is 0.292. The Morgan fingerprint density at radius 1 is 1.31 bits per heavy atom.